The van der Waals surface area contributed by atoms with E-state index in [1.807, 2.05) is 24.0 Å². The van der Waals surface area contributed by atoms with Crippen LogP contribution in [0.2, 0.25) is 4.34 Å². The van der Waals surface area contributed by atoms with Crippen LogP contribution in [0, 0.1) is 6.92 Å². The summed E-state index contributed by atoms with van der Waals surface area (Å²) in [4.78, 5) is 20.7. The largest absolute Gasteiger partial charge is 0.336 e. The van der Waals surface area contributed by atoms with Crippen molar-refractivity contribution in [3.8, 4) is 9.88 Å². The van der Waals surface area contributed by atoms with Crippen molar-refractivity contribution in [1.82, 2.24) is 9.88 Å². The minimum atomic E-state index is 0.0500. The van der Waals surface area contributed by atoms with Crippen molar-refractivity contribution < 1.29 is 4.79 Å². The van der Waals surface area contributed by atoms with Gasteiger partial charge in [-0.05, 0) is 31.9 Å². The van der Waals surface area contributed by atoms with E-state index in [1.54, 1.807) is 0 Å². The molecule has 2 aromatic rings. The third kappa shape index (κ3) is 3.13. The van der Waals surface area contributed by atoms with E-state index in [-0.39, 0.29) is 11.9 Å². The summed E-state index contributed by atoms with van der Waals surface area (Å²) in [5.41, 5.74) is 6.74. The highest BCUT2D eigenvalue weighted by Gasteiger charge is 2.26. The second-order valence-electron chi connectivity index (χ2n) is 5.19. The maximum absolute atomic E-state index is 12.6. The van der Waals surface area contributed by atoms with Crippen molar-refractivity contribution in [2.45, 2.75) is 25.8 Å². The fraction of sp³-hybridized carbons (Fsp3) is 0.429. The Hall–Kier alpha value is -0.950. The van der Waals surface area contributed by atoms with Gasteiger partial charge in [-0.3, -0.25) is 4.79 Å². The topological polar surface area (TPSA) is 59.2 Å². The van der Waals surface area contributed by atoms with Crippen LogP contribution in [-0.4, -0.2) is 34.9 Å². The Morgan fingerprint density at radius 3 is 2.95 bits per heavy atom. The molecule has 0 aromatic carbocycles. The van der Waals surface area contributed by atoms with Crippen LogP contribution in [0.5, 0.6) is 0 Å². The lowest BCUT2D eigenvalue weighted by Crippen LogP contribution is -2.45. The van der Waals surface area contributed by atoms with Gasteiger partial charge in [0.25, 0.3) is 5.91 Å². The first kappa shape index (κ1) is 15.0. The Bertz CT molecular complexity index is 667. The van der Waals surface area contributed by atoms with Gasteiger partial charge in [0.1, 0.15) is 9.88 Å². The SMILES string of the molecule is Cc1nc(-c2ccc(Cl)s2)sc1C(=O)N1CCC[C@@H](N)C1. The van der Waals surface area contributed by atoms with Gasteiger partial charge in [0.15, 0.2) is 0 Å². The molecule has 0 unspecified atom stereocenters. The summed E-state index contributed by atoms with van der Waals surface area (Å²) in [5, 5.41) is 0.856. The molecule has 4 nitrogen and oxygen atoms in total. The number of hydrogen-bond acceptors (Lipinski definition) is 5. The highest BCUT2D eigenvalue weighted by Crippen LogP contribution is 2.35. The molecule has 1 fully saturated rings. The molecule has 21 heavy (non-hydrogen) atoms. The van der Waals surface area contributed by atoms with Gasteiger partial charge in [0.05, 0.1) is 14.9 Å². The van der Waals surface area contributed by atoms with Crippen LogP contribution in [0.4, 0.5) is 0 Å². The van der Waals surface area contributed by atoms with Crippen molar-refractivity contribution >= 4 is 40.2 Å². The first-order valence-electron chi connectivity index (χ1n) is 6.82. The zero-order chi connectivity index (χ0) is 15.0. The summed E-state index contributed by atoms with van der Waals surface area (Å²) in [5.74, 6) is 0.0500. The van der Waals surface area contributed by atoms with Crippen molar-refractivity contribution in [2.75, 3.05) is 13.1 Å². The summed E-state index contributed by atoms with van der Waals surface area (Å²) in [6.07, 6.45) is 1.96. The number of rotatable bonds is 2. The summed E-state index contributed by atoms with van der Waals surface area (Å²) in [6.45, 7) is 3.30. The Labute approximate surface area is 136 Å². The number of nitrogens with two attached hydrogens (primary N) is 1. The quantitative estimate of drug-likeness (QED) is 0.910. The number of nitrogens with zero attached hydrogens (tertiary/aromatic N) is 2. The number of aromatic nitrogens is 1. The van der Waals surface area contributed by atoms with E-state index in [2.05, 4.69) is 4.98 Å². The average molecular weight is 342 g/mol. The minimum Gasteiger partial charge on any atom is -0.336 e. The lowest BCUT2D eigenvalue weighted by atomic mass is 10.1. The molecule has 2 aromatic heterocycles. The van der Waals surface area contributed by atoms with E-state index in [9.17, 15) is 4.79 Å². The van der Waals surface area contributed by atoms with Crippen LogP contribution < -0.4 is 5.73 Å². The Kier molecular flexibility index (Phi) is 4.31. The molecule has 1 saturated heterocycles. The van der Waals surface area contributed by atoms with Crippen LogP contribution in [0.1, 0.15) is 28.2 Å². The van der Waals surface area contributed by atoms with Gasteiger partial charge in [-0.25, -0.2) is 4.98 Å². The number of aryl methyl sites for hydroxylation is 1. The van der Waals surface area contributed by atoms with Crippen LogP contribution in [0.25, 0.3) is 9.88 Å². The number of halogens is 1. The van der Waals surface area contributed by atoms with E-state index in [0.29, 0.717) is 11.4 Å². The molecule has 2 N–H and O–H groups in total. The molecule has 7 heteroatoms. The zero-order valence-electron chi connectivity index (χ0n) is 11.6. The molecule has 1 amide bonds. The number of thiazole rings is 1. The lowest BCUT2D eigenvalue weighted by Gasteiger charge is -2.30. The monoisotopic (exact) mass is 341 g/mol. The van der Waals surface area contributed by atoms with Crippen molar-refractivity contribution in [2.24, 2.45) is 5.73 Å². The molecule has 3 rings (SSSR count). The van der Waals surface area contributed by atoms with Gasteiger partial charge in [-0.15, -0.1) is 22.7 Å². The summed E-state index contributed by atoms with van der Waals surface area (Å²) < 4.78 is 0.729. The maximum atomic E-state index is 12.6. The van der Waals surface area contributed by atoms with E-state index in [0.717, 1.165) is 39.3 Å². The molecule has 0 aliphatic carbocycles. The lowest BCUT2D eigenvalue weighted by molar-refractivity contribution is 0.0713. The van der Waals surface area contributed by atoms with E-state index in [4.69, 9.17) is 17.3 Å². The molecule has 0 radical (unpaired) electrons. The minimum absolute atomic E-state index is 0.0500. The van der Waals surface area contributed by atoms with Crippen molar-refractivity contribution in [3.05, 3.63) is 27.0 Å². The van der Waals surface area contributed by atoms with Gasteiger partial charge < -0.3 is 10.6 Å². The molecular weight excluding hydrogens is 326 g/mol. The smallest absolute Gasteiger partial charge is 0.265 e. The first-order valence-corrected chi connectivity index (χ1v) is 8.83. The molecule has 1 aliphatic rings. The molecule has 0 saturated carbocycles. The molecule has 0 bridgehead atoms. The normalized spacial score (nSPS) is 19.0. The van der Waals surface area contributed by atoms with Gasteiger partial charge in [-0.2, -0.15) is 0 Å². The van der Waals surface area contributed by atoms with E-state index >= 15 is 0 Å². The maximum Gasteiger partial charge on any atom is 0.265 e. The predicted octanol–water partition coefficient (Wildman–Crippen LogP) is 3.40. The molecule has 112 valence electrons. The molecular formula is C14H16ClN3OS2. The van der Waals surface area contributed by atoms with Gasteiger partial charge in [0, 0.05) is 19.1 Å². The zero-order valence-corrected chi connectivity index (χ0v) is 14.0. The average Bonchev–Trinajstić information content (AvgIpc) is 3.04. The highest BCUT2D eigenvalue weighted by molar-refractivity contribution is 7.24. The summed E-state index contributed by atoms with van der Waals surface area (Å²) in [7, 11) is 0. The number of hydrogen-bond donors (Lipinski definition) is 1. The number of piperidine rings is 1. The fourth-order valence-electron chi connectivity index (χ4n) is 2.47. The molecule has 1 aliphatic heterocycles. The van der Waals surface area contributed by atoms with Crippen LogP contribution in [0.15, 0.2) is 12.1 Å². The number of carbonyl (C=O) groups is 1. The second kappa shape index (κ2) is 6.04. The van der Waals surface area contributed by atoms with Gasteiger partial charge >= 0.3 is 0 Å². The Morgan fingerprint density at radius 2 is 2.29 bits per heavy atom. The third-order valence-electron chi connectivity index (χ3n) is 3.52. The van der Waals surface area contributed by atoms with Gasteiger partial charge in [0.2, 0.25) is 0 Å². The first-order chi connectivity index (χ1) is 10.0. The number of carbonyl (C=O) groups excluding carboxylic acids is 1. The van der Waals surface area contributed by atoms with E-state index < -0.39 is 0 Å². The Morgan fingerprint density at radius 1 is 1.48 bits per heavy atom. The van der Waals surface area contributed by atoms with Crippen LogP contribution in [0.3, 0.4) is 0 Å². The van der Waals surface area contributed by atoms with E-state index in [1.165, 1.54) is 22.7 Å². The molecule has 0 spiro atoms. The standard InChI is InChI=1S/C14H16ClN3OS2/c1-8-12(14(19)18-6-2-3-9(16)7-18)21-13(17-8)10-4-5-11(15)20-10/h4-5,9H,2-3,6-7,16H2,1H3/t9-/m1/s1. The highest BCUT2D eigenvalue weighted by atomic mass is 35.5. The summed E-state index contributed by atoms with van der Waals surface area (Å²) in [6, 6.07) is 3.88. The van der Waals surface area contributed by atoms with Gasteiger partial charge in [-0.1, -0.05) is 11.6 Å². The molecule has 1 atom stereocenters. The fourth-order valence-corrected chi connectivity index (χ4v) is 4.60. The Balaban J connectivity index is 1.85. The number of likely N-dealkylation sites (tertiary alicyclic amines) is 1. The van der Waals surface area contributed by atoms with Crippen molar-refractivity contribution in [1.29, 1.82) is 0 Å². The third-order valence-corrected chi connectivity index (χ3v) is 6.07. The summed E-state index contributed by atoms with van der Waals surface area (Å²) >= 11 is 8.88. The predicted molar refractivity (Wildman–Crippen MR) is 88.3 cm³/mol. The number of thiophene rings is 1. The number of amides is 1. The van der Waals surface area contributed by atoms with Crippen molar-refractivity contribution in [3.63, 3.8) is 0 Å². The second-order valence-corrected chi connectivity index (χ2v) is 7.90. The molecule has 3 heterocycles. The van der Waals surface area contributed by atoms with Crippen LogP contribution >= 0.6 is 34.3 Å². The van der Waals surface area contributed by atoms with Crippen LogP contribution in [-0.2, 0) is 0 Å².